The third-order valence-electron chi connectivity index (χ3n) is 4.90. The molecular formula is C15H25N3O. The summed E-state index contributed by atoms with van der Waals surface area (Å²) in [5.74, 6) is 3.31. The molecule has 2 aliphatic carbocycles. The smallest absolute Gasteiger partial charge is 0.231 e. The summed E-state index contributed by atoms with van der Waals surface area (Å²) in [4.78, 5) is 4.68. The minimum atomic E-state index is 0.193. The number of rotatable bonds is 2. The molecule has 0 aromatic carbocycles. The highest BCUT2D eigenvalue weighted by molar-refractivity contribution is 5.04. The van der Waals surface area contributed by atoms with Crippen LogP contribution in [0.2, 0.25) is 0 Å². The summed E-state index contributed by atoms with van der Waals surface area (Å²) in [6, 6.07) is 0.193. The van der Waals surface area contributed by atoms with Crippen molar-refractivity contribution in [2.45, 2.75) is 76.2 Å². The standard InChI is InChI=1S/C15H25N3O/c1-10-7-8-11(9-10)14-17-15(19-18-14)12-5-3-2-4-6-13(12)16/h10-13H,2-9,16H2,1H3. The quantitative estimate of drug-likeness (QED) is 0.831. The molecule has 4 atom stereocenters. The molecule has 0 aliphatic heterocycles. The van der Waals surface area contributed by atoms with Crippen LogP contribution in [0.5, 0.6) is 0 Å². The summed E-state index contributed by atoms with van der Waals surface area (Å²) in [6.07, 6.45) is 9.64. The number of nitrogens with two attached hydrogens (primary N) is 1. The van der Waals surface area contributed by atoms with E-state index in [-0.39, 0.29) is 12.0 Å². The molecule has 0 saturated heterocycles. The van der Waals surface area contributed by atoms with Crippen LogP contribution in [0.1, 0.15) is 81.8 Å². The largest absolute Gasteiger partial charge is 0.339 e. The van der Waals surface area contributed by atoms with Gasteiger partial charge in [0.1, 0.15) is 0 Å². The van der Waals surface area contributed by atoms with E-state index >= 15 is 0 Å². The number of hydrogen-bond acceptors (Lipinski definition) is 4. The zero-order valence-corrected chi connectivity index (χ0v) is 11.8. The first kappa shape index (κ1) is 13.1. The third-order valence-corrected chi connectivity index (χ3v) is 4.90. The fourth-order valence-corrected chi connectivity index (χ4v) is 3.65. The van der Waals surface area contributed by atoms with Gasteiger partial charge in [0, 0.05) is 12.0 Å². The molecule has 0 spiro atoms. The minimum absolute atomic E-state index is 0.193. The van der Waals surface area contributed by atoms with Crippen molar-refractivity contribution in [1.29, 1.82) is 0 Å². The van der Waals surface area contributed by atoms with Gasteiger partial charge < -0.3 is 10.3 Å². The van der Waals surface area contributed by atoms with Crippen LogP contribution in [-0.4, -0.2) is 16.2 Å². The van der Waals surface area contributed by atoms with Crippen molar-refractivity contribution in [3.05, 3.63) is 11.7 Å². The van der Waals surface area contributed by atoms with Gasteiger partial charge in [-0.3, -0.25) is 0 Å². The molecule has 19 heavy (non-hydrogen) atoms. The molecule has 2 fully saturated rings. The van der Waals surface area contributed by atoms with Gasteiger partial charge in [-0.15, -0.1) is 0 Å². The Hall–Kier alpha value is -0.900. The average Bonchev–Trinajstić information content (AvgIpc) is 2.97. The molecule has 1 aromatic rings. The Labute approximate surface area is 115 Å². The fourth-order valence-electron chi connectivity index (χ4n) is 3.65. The molecule has 4 nitrogen and oxygen atoms in total. The predicted octanol–water partition coefficient (Wildman–Crippen LogP) is 3.35. The normalized spacial score (nSPS) is 36.3. The molecule has 0 amide bonds. The number of hydrogen-bond donors (Lipinski definition) is 1. The third kappa shape index (κ3) is 2.83. The highest BCUT2D eigenvalue weighted by Crippen LogP contribution is 2.37. The second-order valence-corrected chi connectivity index (χ2v) is 6.51. The Balaban J connectivity index is 1.73. The maximum atomic E-state index is 6.27. The summed E-state index contributed by atoms with van der Waals surface area (Å²) in [5.41, 5.74) is 6.27. The van der Waals surface area contributed by atoms with Crippen LogP contribution in [0.25, 0.3) is 0 Å². The van der Waals surface area contributed by atoms with E-state index in [9.17, 15) is 0 Å². The van der Waals surface area contributed by atoms with Gasteiger partial charge in [0.2, 0.25) is 5.89 Å². The van der Waals surface area contributed by atoms with Crippen molar-refractivity contribution < 1.29 is 4.52 Å². The van der Waals surface area contributed by atoms with Gasteiger partial charge in [0.25, 0.3) is 0 Å². The van der Waals surface area contributed by atoms with Crippen LogP contribution in [0.3, 0.4) is 0 Å². The van der Waals surface area contributed by atoms with Crippen LogP contribution in [0, 0.1) is 5.92 Å². The predicted molar refractivity (Wildman–Crippen MR) is 73.9 cm³/mol. The Kier molecular flexibility index (Phi) is 3.87. The molecule has 2 saturated carbocycles. The molecule has 3 rings (SSSR count). The SMILES string of the molecule is CC1CCC(c2noc(C3CCCCCC3N)n2)C1. The van der Waals surface area contributed by atoms with Crippen LogP contribution >= 0.6 is 0 Å². The highest BCUT2D eigenvalue weighted by Gasteiger charge is 2.30. The summed E-state index contributed by atoms with van der Waals surface area (Å²) in [6.45, 7) is 2.31. The van der Waals surface area contributed by atoms with Crippen molar-refractivity contribution >= 4 is 0 Å². The van der Waals surface area contributed by atoms with Crippen LogP contribution in [-0.2, 0) is 0 Å². The summed E-state index contributed by atoms with van der Waals surface area (Å²) in [7, 11) is 0. The zero-order chi connectivity index (χ0) is 13.2. The molecule has 2 aliphatic rings. The van der Waals surface area contributed by atoms with Gasteiger partial charge in [0.15, 0.2) is 5.82 Å². The monoisotopic (exact) mass is 263 g/mol. The lowest BCUT2D eigenvalue weighted by molar-refractivity contribution is 0.321. The van der Waals surface area contributed by atoms with E-state index in [0.29, 0.717) is 5.92 Å². The van der Waals surface area contributed by atoms with E-state index in [1.54, 1.807) is 0 Å². The maximum Gasteiger partial charge on any atom is 0.231 e. The second kappa shape index (κ2) is 5.61. The molecule has 106 valence electrons. The Morgan fingerprint density at radius 2 is 1.95 bits per heavy atom. The minimum Gasteiger partial charge on any atom is -0.339 e. The lowest BCUT2D eigenvalue weighted by Crippen LogP contribution is -2.27. The molecule has 1 heterocycles. The Morgan fingerprint density at radius 3 is 2.74 bits per heavy atom. The molecule has 0 bridgehead atoms. The molecule has 4 heteroatoms. The second-order valence-electron chi connectivity index (χ2n) is 6.51. The molecule has 0 radical (unpaired) electrons. The molecule has 2 N–H and O–H groups in total. The van der Waals surface area contributed by atoms with E-state index < -0.39 is 0 Å². The summed E-state index contributed by atoms with van der Waals surface area (Å²) >= 11 is 0. The average molecular weight is 263 g/mol. The van der Waals surface area contributed by atoms with Crippen molar-refractivity contribution in [2.24, 2.45) is 11.7 Å². The van der Waals surface area contributed by atoms with Gasteiger partial charge in [-0.1, -0.05) is 31.3 Å². The van der Waals surface area contributed by atoms with Gasteiger partial charge in [-0.25, -0.2) is 0 Å². The first-order valence-corrected chi connectivity index (χ1v) is 7.83. The lowest BCUT2D eigenvalue weighted by Gasteiger charge is -2.16. The van der Waals surface area contributed by atoms with Crippen LogP contribution in [0.15, 0.2) is 4.52 Å². The zero-order valence-electron chi connectivity index (χ0n) is 11.8. The summed E-state index contributed by atoms with van der Waals surface area (Å²) in [5, 5.41) is 4.23. The van der Waals surface area contributed by atoms with Gasteiger partial charge in [-0.05, 0) is 38.0 Å². The van der Waals surface area contributed by atoms with Crippen molar-refractivity contribution in [2.75, 3.05) is 0 Å². The number of nitrogens with zero attached hydrogens (tertiary/aromatic N) is 2. The van der Waals surface area contributed by atoms with E-state index in [0.717, 1.165) is 30.5 Å². The van der Waals surface area contributed by atoms with Crippen molar-refractivity contribution in [3.63, 3.8) is 0 Å². The maximum absolute atomic E-state index is 6.27. The summed E-state index contributed by atoms with van der Waals surface area (Å²) < 4.78 is 5.54. The van der Waals surface area contributed by atoms with Gasteiger partial charge in [0.05, 0.1) is 5.92 Å². The van der Waals surface area contributed by atoms with E-state index in [1.165, 1.54) is 38.5 Å². The van der Waals surface area contributed by atoms with Crippen molar-refractivity contribution in [1.82, 2.24) is 10.1 Å². The lowest BCUT2D eigenvalue weighted by atomic mass is 9.95. The molecular weight excluding hydrogens is 238 g/mol. The van der Waals surface area contributed by atoms with E-state index in [4.69, 9.17) is 10.3 Å². The van der Waals surface area contributed by atoms with Gasteiger partial charge in [-0.2, -0.15) is 4.98 Å². The Morgan fingerprint density at radius 1 is 1.11 bits per heavy atom. The fraction of sp³-hybridized carbons (Fsp3) is 0.867. The Bertz CT molecular complexity index is 417. The van der Waals surface area contributed by atoms with E-state index in [1.807, 2.05) is 0 Å². The molecule has 4 unspecified atom stereocenters. The van der Waals surface area contributed by atoms with Crippen LogP contribution < -0.4 is 5.73 Å². The first-order chi connectivity index (χ1) is 9.24. The highest BCUT2D eigenvalue weighted by atomic mass is 16.5. The molecule has 1 aromatic heterocycles. The number of aromatic nitrogens is 2. The van der Waals surface area contributed by atoms with Crippen molar-refractivity contribution in [3.8, 4) is 0 Å². The van der Waals surface area contributed by atoms with E-state index in [2.05, 4.69) is 17.1 Å². The topological polar surface area (TPSA) is 64.9 Å². The first-order valence-electron chi connectivity index (χ1n) is 7.83. The van der Waals surface area contributed by atoms with Crippen LogP contribution in [0.4, 0.5) is 0 Å². The van der Waals surface area contributed by atoms with Gasteiger partial charge >= 0.3 is 0 Å².